The smallest absolute Gasteiger partial charge is 0.119 e. The van der Waals surface area contributed by atoms with Gasteiger partial charge in [0.2, 0.25) is 0 Å². The molecule has 1 rings (SSSR count). The van der Waals surface area contributed by atoms with Gasteiger partial charge >= 0.3 is 0 Å². The lowest BCUT2D eigenvalue weighted by atomic mass is 10.2. The van der Waals surface area contributed by atoms with Crippen LogP contribution in [-0.4, -0.2) is 19.2 Å². The second-order valence-corrected chi connectivity index (χ2v) is 3.60. The molecule has 15 heavy (non-hydrogen) atoms. The molecule has 1 aromatic rings. The summed E-state index contributed by atoms with van der Waals surface area (Å²) in [5, 5.41) is 3.34. The molecule has 0 fully saturated rings. The van der Waals surface area contributed by atoms with E-state index in [0.29, 0.717) is 19.2 Å². The molecule has 0 bridgehead atoms. The maximum Gasteiger partial charge on any atom is 0.119 e. The van der Waals surface area contributed by atoms with Crippen LogP contribution >= 0.6 is 0 Å². The summed E-state index contributed by atoms with van der Waals surface area (Å²) in [5.41, 5.74) is 6.75. The molecule has 0 spiro atoms. The molecule has 0 saturated carbocycles. The molecular weight excluding hydrogens is 188 g/mol. The Morgan fingerprint density at radius 2 is 2.27 bits per heavy atom. The first-order valence-corrected chi connectivity index (χ1v) is 5.41. The normalized spacial score (nSPS) is 12.5. The van der Waals surface area contributed by atoms with Gasteiger partial charge in [0.05, 0.1) is 6.61 Å². The monoisotopic (exact) mass is 208 g/mol. The summed E-state index contributed by atoms with van der Waals surface area (Å²) in [5.74, 6) is 0.928. The van der Waals surface area contributed by atoms with Crippen molar-refractivity contribution in [2.75, 3.05) is 13.2 Å². The topological polar surface area (TPSA) is 47.3 Å². The zero-order valence-corrected chi connectivity index (χ0v) is 9.49. The van der Waals surface area contributed by atoms with Crippen LogP contribution in [0.25, 0.3) is 0 Å². The molecule has 3 N–H and O–H groups in total. The van der Waals surface area contributed by atoms with Crippen LogP contribution in [0.2, 0.25) is 0 Å². The second kappa shape index (κ2) is 6.43. The second-order valence-electron chi connectivity index (χ2n) is 3.60. The molecule has 3 nitrogen and oxygen atoms in total. The summed E-state index contributed by atoms with van der Waals surface area (Å²) < 4.78 is 5.43. The minimum atomic E-state index is 0.348. The average Bonchev–Trinajstić information content (AvgIpc) is 2.27. The van der Waals surface area contributed by atoms with Gasteiger partial charge in [0.25, 0.3) is 0 Å². The highest BCUT2D eigenvalue weighted by molar-refractivity contribution is 5.28. The Hall–Kier alpha value is -1.06. The molecule has 1 aromatic carbocycles. The van der Waals surface area contributed by atoms with Crippen LogP contribution < -0.4 is 15.8 Å². The molecule has 1 unspecified atom stereocenters. The number of ether oxygens (including phenoxy) is 1. The summed E-state index contributed by atoms with van der Waals surface area (Å²) in [6.07, 6.45) is 0. The summed E-state index contributed by atoms with van der Waals surface area (Å²) in [6.45, 7) is 6.26. The SMILES string of the molecule is CCOc1cccc(CNC(C)CN)c1. The molecule has 0 radical (unpaired) electrons. The van der Waals surface area contributed by atoms with Crippen molar-refractivity contribution in [3.8, 4) is 5.75 Å². The van der Waals surface area contributed by atoms with Gasteiger partial charge in [-0.25, -0.2) is 0 Å². The van der Waals surface area contributed by atoms with Crippen LogP contribution in [0.1, 0.15) is 19.4 Å². The molecule has 0 amide bonds. The Bertz CT molecular complexity index is 289. The van der Waals surface area contributed by atoms with Gasteiger partial charge in [-0.1, -0.05) is 12.1 Å². The van der Waals surface area contributed by atoms with E-state index in [0.717, 1.165) is 12.3 Å². The van der Waals surface area contributed by atoms with Crippen LogP contribution in [0.3, 0.4) is 0 Å². The van der Waals surface area contributed by atoms with Gasteiger partial charge in [-0.3, -0.25) is 0 Å². The molecule has 0 aliphatic rings. The lowest BCUT2D eigenvalue weighted by Gasteiger charge is -2.11. The number of benzene rings is 1. The largest absolute Gasteiger partial charge is 0.494 e. The van der Waals surface area contributed by atoms with Crippen LogP contribution in [0.4, 0.5) is 0 Å². The Balaban J connectivity index is 2.50. The average molecular weight is 208 g/mol. The van der Waals surface area contributed by atoms with Crippen LogP contribution in [0.5, 0.6) is 5.75 Å². The molecule has 84 valence electrons. The van der Waals surface area contributed by atoms with Crippen molar-refractivity contribution in [1.29, 1.82) is 0 Å². The van der Waals surface area contributed by atoms with E-state index < -0.39 is 0 Å². The van der Waals surface area contributed by atoms with Crippen molar-refractivity contribution in [2.24, 2.45) is 5.73 Å². The fourth-order valence-electron chi connectivity index (χ4n) is 1.29. The van der Waals surface area contributed by atoms with E-state index >= 15 is 0 Å². The molecule has 1 atom stereocenters. The number of hydrogen-bond donors (Lipinski definition) is 2. The molecule has 0 heterocycles. The maximum absolute atomic E-state index is 5.53. The highest BCUT2D eigenvalue weighted by Gasteiger charge is 1.99. The fourth-order valence-corrected chi connectivity index (χ4v) is 1.29. The van der Waals surface area contributed by atoms with E-state index in [1.54, 1.807) is 0 Å². The number of nitrogens with two attached hydrogens (primary N) is 1. The molecular formula is C12H20N2O. The molecule has 3 heteroatoms. The predicted octanol–water partition coefficient (Wildman–Crippen LogP) is 1.52. The van der Waals surface area contributed by atoms with Crippen LogP contribution in [0, 0.1) is 0 Å². The summed E-state index contributed by atoms with van der Waals surface area (Å²) in [6, 6.07) is 8.47. The Morgan fingerprint density at radius 3 is 2.93 bits per heavy atom. The number of nitrogens with one attached hydrogen (secondary N) is 1. The van der Waals surface area contributed by atoms with Crippen molar-refractivity contribution < 1.29 is 4.74 Å². The minimum absolute atomic E-state index is 0.348. The first kappa shape index (κ1) is 12.0. The number of rotatable bonds is 6. The first-order chi connectivity index (χ1) is 7.26. The highest BCUT2D eigenvalue weighted by Crippen LogP contribution is 2.12. The van der Waals surface area contributed by atoms with E-state index in [-0.39, 0.29) is 0 Å². The zero-order valence-electron chi connectivity index (χ0n) is 9.49. The van der Waals surface area contributed by atoms with E-state index in [9.17, 15) is 0 Å². The van der Waals surface area contributed by atoms with Crippen LogP contribution in [0.15, 0.2) is 24.3 Å². The van der Waals surface area contributed by atoms with Gasteiger partial charge in [0, 0.05) is 19.1 Å². The van der Waals surface area contributed by atoms with Crippen molar-refractivity contribution in [3.63, 3.8) is 0 Å². The predicted molar refractivity (Wildman–Crippen MR) is 63.0 cm³/mol. The fraction of sp³-hybridized carbons (Fsp3) is 0.500. The van der Waals surface area contributed by atoms with Crippen molar-refractivity contribution in [1.82, 2.24) is 5.32 Å². The maximum atomic E-state index is 5.53. The Labute approximate surface area is 91.6 Å². The van der Waals surface area contributed by atoms with Crippen molar-refractivity contribution >= 4 is 0 Å². The van der Waals surface area contributed by atoms with E-state index in [1.165, 1.54) is 5.56 Å². The Morgan fingerprint density at radius 1 is 1.47 bits per heavy atom. The van der Waals surface area contributed by atoms with Gasteiger partial charge in [-0.15, -0.1) is 0 Å². The van der Waals surface area contributed by atoms with Crippen LogP contribution in [-0.2, 0) is 6.54 Å². The third-order valence-corrected chi connectivity index (χ3v) is 2.22. The molecule has 0 aromatic heterocycles. The lowest BCUT2D eigenvalue weighted by Crippen LogP contribution is -2.32. The zero-order chi connectivity index (χ0) is 11.1. The van der Waals surface area contributed by atoms with Gasteiger partial charge in [-0.05, 0) is 31.5 Å². The molecule has 0 saturated heterocycles. The lowest BCUT2D eigenvalue weighted by molar-refractivity contribution is 0.339. The quantitative estimate of drug-likeness (QED) is 0.745. The van der Waals surface area contributed by atoms with E-state index in [2.05, 4.69) is 24.4 Å². The Kier molecular flexibility index (Phi) is 5.15. The van der Waals surface area contributed by atoms with Gasteiger partial charge in [0.15, 0.2) is 0 Å². The summed E-state index contributed by atoms with van der Waals surface area (Å²) in [4.78, 5) is 0. The molecule has 0 aliphatic carbocycles. The van der Waals surface area contributed by atoms with Gasteiger partial charge < -0.3 is 15.8 Å². The minimum Gasteiger partial charge on any atom is -0.494 e. The van der Waals surface area contributed by atoms with Gasteiger partial charge in [0.1, 0.15) is 5.75 Å². The first-order valence-electron chi connectivity index (χ1n) is 5.41. The number of hydrogen-bond acceptors (Lipinski definition) is 3. The summed E-state index contributed by atoms with van der Waals surface area (Å²) in [7, 11) is 0. The molecule has 0 aliphatic heterocycles. The highest BCUT2D eigenvalue weighted by atomic mass is 16.5. The van der Waals surface area contributed by atoms with Crippen molar-refractivity contribution in [2.45, 2.75) is 26.4 Å². The van der Waals surface area contributed by atoms with E-state index in [4.69, 9.17) is 10.5 Å². The third-order valence-electron chi connectivity index (χ3n) is 2.22. The van der Waals surface area contributed by atoms with Crippen molar-refractivity contribution in [3.05, 3.63) is 29.8 Å². The summed E-state index contributed by atoms with van der Waals surface area (Å²) >= 11 is 0. The standard InChI is InChI=1S/C12H20N2O/c1-3-15-12-6-4-5-11(7-12)9-14-10(2)8-13/h4-7,10,14H,3,8-9,13H2,1-2H3. The third kappa shape index (κ3) is 4.32. The van der Waals surface area contributed by atoms with Gasteiger partial charge in [-0.2, -0.15) is 0 Å². The van der Waals surface area contributed by atoms with E-state index in [1.807, 2.05) is 19.1 Å².